The molecular formula is C25H27N3O8. The zero-order valence-corrected chi connectivity index (χ0v) is 19.5. The molecule has 4 rings (SSSR count). The van der Waals surface area contributed by atoms with Crippen molar-refractivity contribution in [2.24, 2.45) is 0 Å². The van der Waals surface area contributed by atoms with E-state index in [2.05, 4.69) is 0 Å². The zero-order chi connectivity index (χ0) is 25.3. The number of hydroxylamine groups is 1. The summed E-state index contributed by atoms with van der Waals surface area (Å²) in [6, 6.07) is 14.1. The number of hydrogen-bond donors (Lipinski definition) is 2. The van der Waals surface area contributed by atoms with E-state index < -0.39 is 12.0 Å². The fourth-order valence-electron chi connectivity index (χ4n) is 3.66. The van der Waals surface area contributed by atoms with Crippen LogP contribution in [0.1, 0.15) is 5.56 Å². The van der Waals surface area contributed by atoms with E-state index in [9.17, 15) is 14.4 Å². The molecule has 0 bridgehead atoms. The second kappa shape index (κ2) is 11.9. The lowest BCUT2D eigenvalue weighted by atomic mass is 10.2. The number of amides is 3. The molecular weight excluding hydrogens is 470 g/mol. The second-order valence-corrected chi connectivity index (χ2v) is 8.11. The van der Waals surface area contributed by atoms with Gasteiger partial charge >= 0.3 is 6.09 Å². The van der Waals surface area contributed by atoms with Gasteiger partial charge in [-0.2, -0.15) is 0 Å². The molecule has 0 radical (unpaired) electrons. The van der Waals surface area contributed by atoms with E-state index in [-0.39, 0.29) is 25.2 Å². The normalized spacial score (nSPS) is 17.0. The van der Waals surface area contributed by atoms with Crippen LogP contribution in [-0.4, -0.2) is 85.0 Å². The molecule has 0 spiro atoms. The molecule has 190 valence electrons. The van der Waals surface area contributed by atoms with E-state index in [1.54, 1.807) is 40.1 Å². The number of benzene rings is 2. The first kappa shape index (κ1) is 24.9. The number of para-hydroxylation sites is 2. The van der Waals surface area contributed by atoms with Gasteiger partial charge in [-0.05, 0) is 35.9 Å². The van der Waals surface area contributed by atoms with Crippen LogP contribution >= 0.6 is 0 Å². The molecule has 2 aromatic carbocycles. The van der Waals surface area contributed by atoms with Gasteiger partial charge in [-0.3, -0.25) is 14.8 Å². The maximum Gasteiger partial charge on any atom is 0.410 e. The lowest BCUT2D eigenvalue weighted by Gasteiger charge is -2.34. The van der Waals surface area contributed by atoms with Crippen LogP contribution in [0.3, 0.4) is 0 Å². The van der Waals surface area contributed by atoms with Crippen molar-refractivity contribution in [2.75, 3.05) is 46.0 Å². The third-order valence-corrected chi connectivity index (χ3v) is 5.63. The molecule has 11 heteroatoms. The van der Waals surface area contributed by atoms with Gasteiger partial charge in [0, 0.05) is 32.3 Å². The van der Waals surface area contributed by atoms with Gasteiger partial charge in [-0.1, -0.05) is 24.3 Å². The van der Waals surface area contributed by atoms with Crippen LogP contribution in [-0.2, 0) is 14.3 Å². The average Bonchev–Trinajstić information content (AvgIpc) is 2.93. The van der Waals surface area contributed by atoms with Gasteiger partial charge in [0.05, 0.1) is 0 Å². The molecule has 2 aromatic rings. The minimum Gasteiger partial charge on any atom is -0.486 e. The minimum absolute atomic E-state index is 0.0728. The summed E-state index contributed by atoms with van der Waals surface area (Å²) < 4.78 is 22.4. The minimum atomic E-state index is -0.631. The number of piperazine rings is 1. The van der Waals surface area contributed by atoms with Crippen LogP contribution in [0, 0.1) is 0 Å². The molecule has 1 unspecified atom stereocenters. The van der Waals surface area contributed by atoms with E-state index in [0.29, 0.717) is 50.0 Å². The topological polar surface area (TPSA) is 127 Å². The number of rotatable bonds is 7. The summed E-state index contributed by atoms with van der Waals surface area (Å²) in [6.07, 6.45) is 1.88. The van der Waals surface area contributed by atoms with Gasteiger partial charge in [0.1, 0.15) is 19.0 Å². The molecule has 2 aliphatic rings. The highest BCUT2D eigenvalue weighted by Crippen LogP contribution is 2.30. The van der Waals surface area contributed by atoms with Crippen LogP contribution in [0.5, 0.6) is 17.2 Å². The van der Waals surface area contributed by atoms with Gasteiger partial charge in [-0.25, -0.2) is 10.3 Å². The average molecular weight is 498 g/mol. The third kappa shape index (κ3) is 6.66. The van der Waals surface area contributed by atoms with Crippen molar-refractivity contribution in [1.82, 2.24) is 15.3 Å². The van der Waals surface area contributed by atoms with Gasteiger partial charge in [-0.15, -0.1) is 0 Å². The smallest absolute Gasteiger partial charge is 0.410 e. The molecule has 1 saturated heterocycles. The summed E-state index contributed by atoms with van der Waals surface area (Å²) in [6.45, 7) is 1.72. The van der Waals surface area contributed by atoms with Crippen LogP contribution < -0.4 is 19.7 Å². The van der Waals surface area contributed by atoms with Crippen molar-refractivity contribution in [3.8, 4) is 17.2 Å². The fraction of sp³-hybridized carbons (Fsp3) is 0.320. The van der Waals surface area contributed by atoms with Crippen molar-refractivity contribution in [3.05, 3.63) is 60.2 Å². The molecule has 2 heterocycles. The molecule has 3 amide bonds. The number of ether oxygens (including phenoxy) is 4. The maximum atomic E-state index is 12.5. The SMILES string of the molecule is O=C(/C=C/c1ccc(OCC(=O)N2CCN(C(=O)OCC3COc4ccccc4O3)CC2)cc1)NO. The van der Waals surface area contributed by atoms with Crippen LogP contribution in [0.2, 0.25) is 0 Å². The quantitative estimate of drug-likeness (QED) is 0.336. The van der Waals surface area contributed by atoms with Crippen molar-refractivity contribution >= 4 is 24.0 Å². The molecule has 2 N–H and O–H groups in total. The van der Waals surface area contributed by atoms with Crippen molar-refractivity contribution in [1.29, 1.82) is 0 Å². The Hall–Kier alpha value is -4.25. The Kier molecular flexibility index (Phi) is 8.24. The van der Waals surface area contributed by atoms with Crippen LogP contribution in [0.25, 0.3) is 6.08 Å². The first-order chi connectivity index (χ1) is 17.5. The Morgan fingerprint density at radius 1 is 1.00 bits per heavy atom. The Morgan fingerprint density at radius 3 is 2.42 bits per heavy atom. The number of nitrogens with one attached hydrogen (secondary N) is 1. The molecule has 0 aliphatic carbocycles. The molecule has 36 heavy (non-hydrogen) atoms. The summed E-state index contributed by atoms with van der Waals surface area (Å²) in [4.78, 5) is 39.2. The molecule has 1 atom stereocenters. The van der Waals surface area contributed by atoms with E-state index in [1.165, 1.54) is 17.6 Å². The van der Waals surface area contributed by atoms with Gasteiger partial charge in [0.25, 0.3) is 11.8 Å². The zero-order valence-electron chi connectivity index (χ0n) is 19.5. The van der Waals surface area contributed by atoms with Crippen LogP contribution in [0.15, 0.2) is 54.6 Å². The van der Waals surface area contributed by atoms with Crippen molar-refractivity contribution in [2.45, 2.75) is 6.10 Å². The highest BCUT2D eigenvalue weighted by Gasteiger charge is 2.27. The second-order valence-electron chi connectivity index (χ2n) is 8.11. The number of hydrogen-bond acceptors (Lipinski definition) is 8. The Bertz CT molecular complexity index is 1100. The van der Waals surface area contributed by atoms with Crippen molar-refractivity contribution in [3.63, 3.8) is 0 Å². The van der Waals surface area contributed by atoms with Gasteiger partial charge < -0.3 is 28.7 Å². The summed E-state index contributed by atoms with van der Waals surface area (Å²) in [5.41, 5.74) is 2.24. The van der Waals surface area contributed by atoms with Crippen LogP contribution in [0.4, 0.5) is 4.79 Å². The Morgan fingerprint density at radius 2 is 1.69 bits per heavy atom. The highest BCUT2D eigenvalue weighted by atomic mass is 16.6. The summed E-state index contributed by atoms with van der Waals surface area (Å²) in [5, 5.41) is 8.49. The molecule has 0 aromatic heterocycles. The van der Waals surface area contributed by atoms with Gasteiger partial charge in [0.15, 0.2) is 24.2 Å². The number of carbonyl (C=O) groups is 3. The molecule has 1 fully saturated rings. The number of nitrogens with zero attached hydrogens (tertiary/aromatic N) is 2. The summed E-state index contributed by atoms with van der Waals surface area (Å²) in [5.74, 6) is 0.986. The van der Waals surface area contributed by atoms with E-state index >= 15 is 0 Å². The highest BCUT2D eigenvalue weighted by molar-refractivity contribution is 5.90. The van der Waals surface area contributed by atoms with E-state index in [1.807, 2.05) is 18.2 Å². The lowest BCUT2D eigenvalue weighted by Crippen LogP contribution is -2.52. The first-order valence-corrected chi connectivity index (χ1v) is 11.4. The molecule has 2 aliphatic heterocycles. The Labute approximate surface area is 207 Å². The standard InChI is InChI=1S/C25H27N3O8/c29-23(26-32)10-7-18-5-8-19(9-6-18)33-17-24(30)27-11-13-28(14-12-27)25(31)35-16-20-15-34-21-3-1-2-4-22(21)36-20/h1-10,20,32H,11-17H2,(H,26,29)/b10-7+. The van der Waals surface area contributed by atoms with Crippen molar-refractivity contribution < 1.29 is 38.5 Å². The molecule has 11 nitrogen and oxygen atoms in total. The maximum absolute atomic E-state index is 12.5. The predicted octanol–water partition coefficient (Wildman–Crippen LogP) is 1.70. The Balaban J connectivity index is 1.15. The third-order valence-electron chi connectivity index (χ3n) is 5.63. The van der Waals surface area contributed by atoms with E-state index in [4.69, 9.17) is 24.2 Å². The first-order valence-electron chi connectivity index (χ1n) is 11.4. The largest absolute Gasteiger partial charge is 0.486 e. The molecule has 0 saturated carbocycles. The monoisotopic (exact) mass is 497 g/mol. The van der Waals surface area contributed by atoms with Gasteiger partial charge in [0.2, 0.25) is 0 Å². The lowest BCUT2D eigenvalue weighted by molar-refractivity contribution is -0.135. The van der Waals surface area contributed by atoms with E-state index in [0.717, 1.165) is 5.56 Å². The fourth-order valence-corrected chi connectivity index (χ4v) is 3.66. The number of carbonyl (C=O) groups excluding carboxylic acids is 3. The summed E-state index contributed by atoms with van der Waals surface area (Å²) >= 11 is 0. The predicted molar refractivity (Wildman–Crippen MR) is 127 cm³/mol. The number of fused-ring (bicyclic) bond motifs is 1. The summed E-state index contributed by atoms with van der Waals surface area (Å²) in [7, 11) is 0.